The Hall–Kier alpha value is -5.34. The molecule has 0 aliphatic carbocycles. The maximum atomic E-state index is 13.8. The fourth-order valence-electron chi connectivity index (χ4n) is 5.52. The van der Waals surface area contributed by atoms with Crippen LogP contribution in [0.1, 0.15) is 58.9 Å². The Morgan fingerprint density at radius 1 is 0.815 bits per heavy atom. The van der Waals surface area contributed by atoms with Gasteiger partial charge in [-0.25, -0.2) is 4.79 Å². The summed E-state index contributed by atoms with van der Waals surface area (Å²) in [6, 6.07) is -3.93. The second kappa shape index (κ2) is 20.8. The lowest BCUT2D eigenvalue weighted by Gasteiger charge is -2.32. The summed E-state index contributed by atoms with van der Waals surface area (Å²) < 4.78 is 0. The van der Waals surface area contributed by atoms with Crippen molar-refractivity contribution in [2.75, 3.05) is 13.2 Å². The number of amides is 6. The summed E-state index contributed by atoms with van der Waals surface area (Å²) in [4.78, 5) is 103. The highest BCUT2D eigenvalue weighted by molar-refractivity contribution is 5.97. The van der Waals surface area contributed by atoms with E-state index >= 15 is 0 Å². The lowest BCUT2D eigenvalue weighted by Crippen LogP contribution is -2.62. The SMILES string of the molecule is CC(C)[C@H](NC(=O)[C@H](C)NC(=O)[C@@H](N)CCC(=O)O)C(=O)N1CCC[C@H]1C(=O)N[C@H](C(=O)N[C@@H](Cc1ccc(O)cc1)C(=O)N[C@@H](CO)C(=O)O)[C@@H](C)O. The molecule has 1 aromatic carbocycles. The van der Waals surface area contributed by atoms with Gasteiger partial charge in [0.1, 0.15) is 42.0 Å². The quantitative estimate of drug-likeness (QED) is 0.0619. The zero-order valence-electron chi connectivity index (χ0n) is 30.5. The third-order valence-corrected chi connectivity index (χ3v) is 8.70. The lowest BCUT2D eigenvalue weighted by molar-refractivity contribution is -0.144. The predicted octanol–water partition coefficient (Wildman–Crippen LogP) is -3.32. The van der Waals surface area contributed by atoms with Crippen LogP contribution in [0.25, 0.3) is 0 Å². The zero-order chi connectivity index (χ0) is 40.9. The van der Waals surface area contributed by atoms with Crippen LogP contribution < -0.4 is 32.3 Å². The van der Waals surface area contributed by atoms with Crippen LogP contribution in [-0.4, -0.2) is 139 Å². The van der Waals surface area contributed by atoms with Crippen LogP contribution >= 0.6 is 0 Å². The summed E-state index contributed by atoms with van der Waals surface area (Å²) in [5.74, 6) is -8.26. The van der Waals surface area contributed by atoms with Gasteiger partial charge in [-0.15, -0.1) is 0 Å². The Labute approximate surface area is 311 Å². The monoisotopic (exact) mass is 765 g/mol. The molecule has 300 valence electrons. The van der Waals surface area contributed by atoms with Gasteiger partial charge in [-0.05, 0) is 56.7 Å². The summed E-state index contributed by atoms with van der Waals surface area (Å²) in [6.07, 6.45) is -1.73. The minimum absolute atomic E-state index is 0.0802. The molecule has 1 aliphatic heterocycles. The summed E-state index contributed by atoms with van der Waals surface area (Å²) in [5, 5.41) is 59.6. The topological polar surface area (TPSA) is 327 Å². The number of aliphatic hydroxyl groups is 2. The van der Waals surface area contributed by atoms with Crippen LogP contribution in [-0.2, 0) is 44.8 Å². The average molecular weight is 766 g/mol. The number of rotatable bonds is 20. The van der Waals surface area contributed by atoms with Crippen molar-refractivity contribution in [1.82, 2.24) is 31.5 Å². The molecular formula is C34H51N7O13. The van der Waals surface area contributed by atoms with Gasteiger partial charge in [-0.3, -0.25) is 33.6 Å². The van der Waals surface area contributed by atoms with Crippen molar-refractivity contribution in [2.45, 2.75) is 108 Å². The normalized spacial score (nSPS) is 17.9. The van der Waals surface area contributed by atoms with E-state index in [4.69, 9.17) is 10.8 Å². The highest BCUT2D eigenvalue weighted by atomic mass is 16.4. The number of nitrogens with one attached hydrogen (secondary N) is 5. The second-order valence-electron chi connectivity index (χ2n) is 13.4. The number of carboxylic acid groups (broad SMARTS) is 2. The molecule has 0 bridgehead atoms. The van der Waals surface area contributed by atoms with Crippen molar-refractivity contribution in [3.8, 4) is 5.75 Å². The lowest BCUT2D eigenvalue weighted by atomic mass is 10.0. The molecule has 12 N–H and O–H groups in total. The van der Waals surface area contributed by atoms with Crippen LogP contribution in [0.2, 0.25) is 0 Å². The summed E-state index contributed by atoms with van der Waals surface area (Å²) >= 11 is 0. The first-order valence-corrected chi connectivity index (χ1v) is 17.4. The molecule has 0 unspecified atom stereocenters. The molecule has 20 nitrogen and oxygen atoms in total. The van der Waals surface area contributed by atoms with Crippen molar-refractivity contribution < 1.29 is 63.9 Å². The zero-order valence-corrected chi connectivity index (χ0v) is 30.5. The van der Waals surface area contributed by atoms with Gasteiger partial charge in [0.2, 0.25) is 35.4 Å². The van der Waals surface area contributed by atoms with Crippen LogP contribution in [0.3, 0.4) is 0 Å². The summed E-state index contributed by atoms with van der Waals surface area (Å²) in [7, 11) is 0. The van der Waals surface area contributed by atoms with Crippen molar-refractivity contribution >= 4 is 47.4 Å². The number of phenols is 1. The Bertz CT molecular complexity index is 1520. The maximum absolute atomic E-state index is 13.8. The van der Waals surface area contributed by atoms with Crippen molar-refractivity contribution in [2.24, 2.45) is 11.7 Å². The van der Waals surface area contributed by atoms with Crippen LogP contribution in [0.5, 0.6) is 5.75 Å². The average Bonchev–Trinajstić information content (AvgIpc) is 3.60. The van der Waals surface area contributed by atoms with E-state index < -0.39 is 108 Å². The van der Waals surface area contributed by atoms with E-state index in [1.807, 2.05) is 0 Å². The largest absolute Gasteiger partial charge is 0.508 e. The summed E-state index contributed by atoms with van der Waals surface area (Å²) in [5.41, 5.74) is 6.15. The van der Waals surface area contributed by atoms with Crippen molar-refractivity contribution in [1.29, 1.82) is 0 Å². The molecule has 1 fully saturated rings. The van der Waals surface area contributed by atoms with Gasteiger partial charge in [0.05, 0.1) is 18.8 Å². The smallest absolute Gasteiger partial charge is 0.328 e. The molecule has 1 heterocycles. The van der Waals surface area contributed by atoms with Gasteiger partial charge in [0.25, 0.3) is 0 Å². The number of carbonyl (C=O) groups is 8. The summed E-state index contributed by atoms with van der Waals surface area (Å²) in [6.45, 7) is 5.01. The number of carbonyl (C=O) groups excluding carboxylic acids is 6. The van der Waals surface area contributed by atoms with Gasteiger partial charge in [-0.1, -0.05) is 26.0 Å². The molecule has 6 amide bonds. The Balaban J connectivity index is 2.20. The standard InChI is InChI=1S/C34H51N7O13/c1-16(2)26(39-28(47)17(3)36-29(48)21(35)11-12-25(45)46)33(52)41-13-5-6-24(41)31(50)40-27(18(4)43)32(51)37-22(14-19-7-9-20(44)10-8-19)30(49)38-23(15-42)34(53)54/h7-10,16-18,21-24,26-27,42-44H,5-6,11-15,35H2,1-4H3,(H,36,48)(H,37,51)(H,38,49)(H,39,47)(H,40,50)(H,45,46)(H,53,54)/t17-,18+,21-,22-,23-,24-,26-,27-/m0/s1. The molecule has 20 heteroatoms. The molecule has 0 saturated carbocycles. The molecule has 8 atom stereocenters. The fraction of sp³-hybridized carbons (Fsp3) is 0.588. The van der Waals surface area contributed by atoms with Gasteiger partial charge in [-0.2, -0.15) is 0 Å². The Morgan fingerprint density at radius 2 is 1.43 bits per heavy atom. The Morgan fingerprint density at radius 3 is 1.96 bits per heavy atom. The molecule has 1 aromatic rings. The molecule has 0 aromatic heterocycles. The highest BCUT2D eigenvalue weighted by Gasteiger charge is 2.41. The number of benzene rings is 1. The van der Waals surface area contributed by atoms with Gasteiger partial charge in [0.15, 0.2) is 0 Å². The minimum atomic E-state index is -1.70. The first kappa shape index (κ1) is 44.8. The Kier molecular flexibility index (Phi) is 17.2. The number of aliphatic carboxylic acids is 2. The number of nitrogens with two attached hydrogens (primary N) is 1. The molecule has 54 heavy (non-hydrogen) atoms. The third kappa shape index (κ3) is 13.3. The molecule has 1 saturated heterocycles. The highest BCUT2D eigenvalue weighted by Crippen LogP contribution is 2.21. The molecule has 2 rings (SSSR count). The number of hydrogen-bond donors (Lipinski definition) is 11. The number of nitrogens with zero attached hydrogens (tertiary/aromatic N) is 1. The third-order valence-electron chi connectivity index (χ3n) is 8.70. The molecule has 1 aliphatic rings. The minimum Gasteiger partial charge on any atom is -0.508 e. The molecule has 0 spiro atoms. The van der Waals surface area contributed by atoms with E-state index in [2.05, 4.69) is 26.6 Å². The van der Waals surface area contributed by atoms with E-state index in [9.17, 15) is 58.8 Å². The fourth-order valence-corrected chi connectivity index (χ4v) is 5.52. The van der Waals surface area contributed by atoms with E-state index in [1.54, 1.807) is 13.8 Å². The first-order valence-electron chi connectivity index (χ1n) is 17.4. The number of hydrogen-bond acceptors (Lipinski definition) is 12. The number of aromatic hydroxyl groups is 1. The maximum Gasteiger partial charge on any atom is 0.328 e. The second-order valence-corrected chi connectivity index (χ2v) is 13.4. The van der Waals surface area contributed by atoms with E-state index in [0.29, 0.717) is 12.0 Å². The van der Waals surface area contributed by atoms with Crippen molar-refractivity contribution in [3.05, 3.63) is 29.8 Å². The van der Waals surface area contributed by atoms with E-state index in [-0.39, 0.29) is 38.0 Å². The number of carboxylic acids is 2. The van der Waals surface area contributed by atoms with Crippen LogP contribution in [0.4, 0.5) is 0 Å². The van der Waals surface area contributed by atoms with Crippen LogP contribution in [0.15, 0.2) is 24.3 Å². The van der Waals surface area contributed by atoms with Gasteiger partial charge >= 0.3 is 11.9 Å². The number of phenolic OH excluding ortho intramolecular Hbond substituents is 1. The molecular weight excluding hydrogens is 714 g/mol. The number of likely N-dealkylation sites (tertiary alicyclic amines) is 1. The van der Waals surface area contributed by atoms with Gasteiger partial charge in [0, 0.05) is 19.4 Å². The van der Waals surface area contributed by atoms with Crippen LogP contribution in [0, 0.1) is 5.92 Å². The molecule has 0 radical (unpaired) electrons. The van der Waals surface area contributed by atoms with E-state index in [0.717, 1.165) is 0 Å². The van der Waals surface area contributed by atoms with Crippen molar-refractivity contribution in [3.63, 3.8) is 0 Å². The van der Waals surface area contributed by atoms with E-state index in [1.165, 1.54) is 43.0 Å². The predicted molar refractivity (Wildman–Crippen MR) is 188 cm³/mol. The number of aliphatic hydroxyl groups excluding tert-OH is 2. The van der Waals surface area contributed by atoms with Gasteiger partial charge < -0.3 is 62.8 Å². The first-order chi connectivity index (χ1) is 25.3.